The van der Waals surface area contributed by atoms with Crippen molar-refractivity contribution in [3.8, 4) is 5.88 Å². The summed E-state index contributed by atoms with van der Waals surface area (Å²) >= 11 is 6.16. The predicted octanol–water partition coefficient (Wildman–Crippen LogP) is 1.46. The number of ether oxygens (including phenoxy) is 1. The Morgan fingerprint density at radius 3 is 2.42 bits per heavy atom. The van der Waals surface area contributed by atoms with Crippen molar-refractivity contribution >= 4 is 46.0 Å². The maximum Gasteiger partial charge on any atom is 0.320 e. The number of anilines is 1. The van der Waals surface area contributed by atoms with Crippen molar-refractivity contribution in [2.45, 2.75) is 31.7 Å². The van der Waals surface area contributed by atoms with E-state index < -0.39 is 60.3 Å². The van der Waals surface area contributed by atoms with E-state index in [1.165, 1.54) is 0 Å². The number of aliphatic carboxylic acids is 1. The third-order valence-corrected chi connectivity index (χ3v) is 5.01. The largest absolute Gasteiger partial charge is 0.481 e. The van der Waals surface area contributed by atoms with Crippen LogP contribution < -0.4 is 21.1 Å². The molecule has 0 aliphatic rings. The standard InChI is InChI=1S/C18H19ClF2N4O7S/c19-7-1-11(20)10(12(21)2-7)6-32-16-14(15(22)30)17(33-25-16)24-18(31)23-5-9(27)3-8(26)4-13(28)29/h1-2,8-9,26-27H,3-6H2,(H2,22,30)(H,28,29)(H2,23,24,31). The number of aromatic nitrogens is 1. The van der Waals surface area contributed by atoms with Crippen molar-refractivity contribution in [3.05, 3.63) is 39.9 Å². The van der Waals surface area contributed by atoms with Crippen LogP contribution in [-0.2, 0) is 11.4 Å². The summed E-state index contributed by atoms with van der Waals surface area (Å²) in [7, 11) is 0. The molecule has 33 heavy (non-hydrogen) atoms. The number of aliphatic hydroxyl groups excluding tert-OH is 2. The van der Waals surface area contributed by atoms with Gasteiger partial charge in [-0.15, -0.1) is 0 Å². The summed E-state index contributed by atoms with van der Waals surface area (Å²) in [4.78, 5) is 34.4. The average Bonchev–Trinajstić information content (AvgIpc) is 3.07. The molecule has 0 spiro atoms. The van der Waals surface area contributed by atoms with Crippen LogP contribution >= 0.6 is 23.1 Å². The van der Waals surface area contributed by atoms with Crippen molar-refractivity contribution in [2.75, 3.05) is 11.9 Å². The number of carboxylic acid groups (broad SMARTS) is 1. The van der Waals surface area contributed by atoms with Crippen LogP contribution in [0.25, 0.3) is 0 Å². The second-order valence-electron chi connectivity index (χ2n) is 6.67. The van der Waals surface area contributed by atoms with Gasteiger partial charge in [-0.05, 0) is 23.7 Å². The number of hydrogen-bond acceptors (Lipinski definition) is 8. The van der Waals surface area contributed by atoms with Gasteiger partial charge < -0.3 is 31.1 Å². The topological polar surface area (TPSA) is 184 Å². The van der Waals surface area contributed by atoms with E-state index in [9.17, 15) is 33.4 Å². The second-order valence-corrected chi connectivity index (χ2v) is 7.88. The quantitative estimate of drug-likeness (QED) is 0.263. The van der Waals surface area contributed by atoms with E-state index in [1.807, 2.05) is 0 Å². The van der Waals surface area contributed by atoms with E-state index in [1.54, 1.807) is 0 Å². The third kappa shape index (κ3) is 7.78. The Morgan fingerprint density at radius 1 is 1.21 bits per heavy atom. The zero-order chi connectivity index (χ0) is 24.7. The molecule has 7 N–H and O–H groups in total. The number of nitrogens with zero attached hydrogens (tertiary/aromatic N) is 1. The first kappa shape index (κ1) is 26.2. The lowest BCUT2D eigenvalue weighted by molar-refractivity contribution is -0.139. The van der Waals surface area contributed by atoms with Gasteiger partial charge in [-0.25, -0.2) is 13.6 Å². The fourth-order valence-corrected chi connectivity index (χ4v) is 3.49. The molecule has 15 heteroatoms. The van der Waals surface area contributed by atoms with Crippen LogP contribution in [0.3, 0.4) is 0 Å². The molecule has 0 saturated heterocycles. The lowest BCUT2D eigenvalue weighted by Gasteiger charge is -2.15. The summed E-state index contributed by atoms with van der Waals surface area (Å²) < 4.78 is 36.8. The Balaban J connectivity index is 1.99. The van der Waals surface area contributed by atoms with Gasteiger partial charge in [0, 0.05) is 18.0 Å². The number of carbonyl (C=O) groups is 3. The van der Waals surface area contributed by atoms with Crippen LogP contribution in [0.2, 0.25) is 5.02 Å². The van der Waals surface area contributed by atoms with Crippen LogP contribution in [0.5, 0.6) is 5.88 Å². The van der Waals surface area contributed by atoms with E-state index in [-0.39, 0.29) is 34.4 Å². The van der Waals surface area contributed by atoms with E-state index in [0.717, 1.165) is 12.1 Å². The van der Waals surface area contributed by atoms with Gasteiger partial charge in [0.1, 0.15) is 28.8 Å². The molecule has 1 aromatic heterocycles. The molecule has 0 fully saturated rings. The predicted molar refractivity (Wildman–Crippen MR) is 112 cm³/mol. The van der Waals surface area contributed by atoms with Gasteiger partial charge in [0.25, 0.3) is 5.91 Å². The first-order valence-electron chi connectivity index (χ1n) is 9.16. The Morgan fingerprint density at radius 2 is 1.85 bits per heavy atom. The number of carbonyl (C=O) groups excluding carboxylic acids is 2. The Kier molecular flexibility index (Phi) is 9.28. The first-order valence-corrected chi connectivity index (χ1v) is 10.3. The van der Waals surface area contributed by atoms with E-state index in [0.29, 0.717) is 11.5 Å². The van der Waals surface area contributed by atoms with Gasteiger partial charge in [0.15, 0.2) is 0 Å². The van der Waals surface area contributed by atoms with Crippen LogP contribution in [0.4, 0.5) is 18.6 Å². The molecule has 2 atom stereocenters. The number of nitrogens with two attached hydrogens (primary N) is 1. The molecular formula is C18H19ClF2N4O7S. The number of benzene rings is 1. The molecule has 180 valence electrons. The van der Waals surface area contributed by atoms with Crippen LogP contribution in [-0.4, -0.2) is 56.4 Å². The number of hydrogen-bond donors (Lipinski definition) is 6. The zero-order valence-corrected chi connectivity index (χ0v) is 18.3. The molecule has 0 radical (unpaired) electrons. The monoisotopic (exact) mass is 508 g/mol. The highest BCUT2D eigenvalue weighted by Gasteiger charge is 2.23. The molecule has 0 saturated carbocycles. The number of rotatable bonds is 11. The first-order chi connectivity index (χ1) is 15.5. The Bertz CT molecular complexity index is 1020. The second kappa shape index (κ2) is 11.7. The maximum atomic E-state index is 13.9. The molecule has 2 rings (SSSR count). The molecule has 2 aromatic rings. The highest BCUT2D eigenvalue weighted by molar-refractivity contribution is 7.11. The van der Waals surface area contributed by atoms with E-state index >= 15 is 0 Å². The Labute approximate surface area is 194 Å². The third-order valence-electron chi connectivity index (χ3n) is 4.05. The van der Waals surface area contributed by atoms with Crippen molar-refractivity contribution in [1.82, 2.24) is 9.69 Å². The van der Waals surface area contributed by atoms with Gasteiger partial charge in [-0.1, -0.05) is 11.6 Å². The molecule has 3 amide bonds. The molecule has 1 aromatic carbocycles. The molecule has 0 bridgehead atoms. The summed E-state index contributed by atoms with van der Waals surface area (Å²) in [5.74, 6) is -4.60. The van der Waals surface area contributed by atoms with Gasteiger partial charge in [-0.2, -0.15) is 4.37 Å². The number of aliphatic hydroxyl groups is 2. The molecule has 1 heterocycles. The minimum absolute atomic E-state index is 0.132. The van der Waals surface area contributed by atoms with Crippen molar-refractivity contribution < 1.29 is 43.2 Å². The van der Waals surface area contributed by atoms with Crippen molar-refractivity contribution in [1.29, 1.82) is 0 Å². The number of urea groups is 1. The van der Waals surface area contributed by atoms with Gasteiger partial charge >= 0.3 is 12.0 Å². The molecule has 0 aliphatic heterocycles. The minimum atomic E-state index is -1.31. The lowest BCUT2D eigenvalue weighted by Crippen LogP contribution is -2.37. The van der Waals surface area contributed by atoms with E-state index in [4.69, 9.17) is 27.2 Å². The van der Waals surface area contributed by atoms with E-state index in [2.05, 4.69) is 15.0 Å². The summed E-state index contributed by atoms with van der Waals surface area (Å²) in [6, 6.07) is 0.881. The van der Waals surface area contributed by atoms with Crippen LogP contribution in [0.15, 0.2) is 12.1 Å². The summed E-state index contributed by atoms with van der Waals surface area (Å²) in [6.45, 7) is -0.985. The maximum absolute atomic E-state index is 13.9. The minimum Gasteiger partial charge on any atom is -0.481 e. The summed E-state index contributed by atoms with van der Waals surface area (Å²) in [5.41, 5.74) is 4.49. The van der Waals surface area contributed by atoms with Gasteiger partial charge in [-0.3, -0.25) is 14.9 Å². The number of amides is 3. The number of primary amides is 1. The smallest absolute Gasteiger partial charge is 0.320 e. The average molecular weight is 509 g/mol. The normalized spacial score (nSPS) is 12.6. The van der Waals surface area contributed by atoms with Crippen LogP contribution in [0.1, 0.15) is 28.8 Å². The molecular weight excluding hydrogens is 490 g/mol. The molecule has 11 nitrogen and oxygen atoms in total. The SMILES string of the molecule is NC(=O)c1c(OCc2c(F)cc(Cl)cc2F)nsc1NC(=O)NCC(O)CC(O)CC(=O)O. The number of halogens is 3. The highest BCUT2D eigenvalue weighted by atomic mass is 35.5. The lowest BCUT2D eigenvalue weighted by atomic mass is 10.1. The van der Waals surface area contributed by atoms with Gasteiger partial charge in [0.2, 0.25) is 5.88 Å². The van der Waals surface area contributed by atoms with Crippen LogP contribution in [0, 0.1) is 11.6 Å². The van der Waals surface area contributed by atoms with Crippen molar-refractivity contribution in [2.24, 2.45) is 5.73 Å². The number of nitrogens with one attached hydrogen (secondary N) is 2. The Hall–Kier alpha value is -3.07. The zero-order valence-electron chi connectivity index (χ0n) is 16.7. The van der Waals surface area contributed by atoms with Gasteiger partial charge in [0.05, 0.1) is 24.2 Å². The van der Waals surface area contributed by atoms with Crippen molar-refractivity contribution in [3.63, 3.8) is 0 Å². The molecule has 2 unspecified atom stereocenters. The fourth-order valence-electron chi connectivity index (χ4n) is 2.57. The highest BCUT2D eigenvalue weighted by Crippen LogP contribution is 2.31. The molecule has 0 aliphatic carbocycles. The fraction of sp³-hybridized carbons (Fsp3) is 0.333. The number of carboxylic acids is 1. The summed E-state index contributed by atoms with van der Waals surface area (Å²) in [6.07, 6.45) is -3.42. The summed E-state index contributed by atoms with van der Waals surface area (Å²) in [5, 5.41) is 32.1.